The van der Waals surface area contributed by atoms with Gasteiger partial charge in [-0.25, -0.2) is 0 Å². The molecule has 1 fully saturated rings. The molecule has 1 aromatic carbocycles. The zero-order valence-electron chi connectivity index (χ0n) is 12.4. The van der Waals surface area contributed by atoms with Crippen LogP contribution in [0.2, 0.25) is 0 Å². The number of fused-ring (bicyclic) bond motifs is 1. The Labute approximate surface area is 119 Å². The summed E-state index contributed by atoms with van der Waals surface area (Å²) in [5, 5.41) is 1.15. The van der Waals surface area contributed by atoms with Crippen LogP contribution in [-0.4, -0.2) is 24.3 Å². The van der Waals surface area contributed by atoms with Gasteiger partial charge < -0.3 is 9.47 Å². The molecular weight excluding hydrogens is 250 g/mol. The van der Waals surface area contributed by atoms with Crippen molar-refractivity contribution >= 4 is 10.9 Å². The first-order valence-corrected chi connectivity index (χ1v) is 7.27. The van der Waals surface area contributed by atoms with Crippen LogP contribution < -0.4 is 4.74 Å². The van der Waals surface area contributed by atoms with Crippen molar-refractivity contribution in [1.29, 1.82) is 0 Å². The second-order valence-electron chi connectivity index (χ2n) is 5.61. The Kier molecular flexibility index (Phi) is 3.62. The van der Waals surface area contributed by atoms with Crippen LogP contribution >= 0.6 is 0 Å². The van der Waals surface area contributed by atoms with Crippen LogP contribution in [0.3, 0.4) is 0 Å². The van der Waals surface area contributed by atoms with Gasteiger partial charge in [-0.3, -0.25) is 4.98 Å². The lowest BCUT2D eigenvalue weighted by Gasteiger charge is -2.24. The molecule has 1 saturated heterocycles. The summed E-state index contributed by atoms with van der Waals surface area (Å²) in [7, 11) is 0. The van der Waals surface area contributed by atoms with Gasteiger partial charge in [0.1, 0.15) is 11.9 Å². The molecule has 20 heavy (non-hydrogen) atoms. The van der Waals surface area contributed by atoms with Gasteiger partial charge >= 0.3 is 0 Å². The van der Waals surface area contributed by atoms with Crippen molar-refractivity contribution in [2.75, 3.05) is 13.2 Å². The van der Waals surface area contributed by atoms with Gasteiger partial charge in [0.25, 0.3) is 0 Å². The molecule has 3 heteroatoms. The molecule has 0 amide bonds. The molecule has 2 aromatic rings. The van der Waals surface area contributed by atoms with E-state index in [1.54, 1.807) is 0 Å². The summed E-state index contributed by atoms with van der Waals surface area (Å²) >= 11 is 0. The summed E-state index contributed by atoms with van der Waals surface area (Å²) < 4.78 is 11.6. The largest absolute Gasteiger partial charge is 0.490 e. The molecule has 0 spiro atoms. The molecule has 3 rings (SSSR count). The van der Waals surface area contributed by atoms with Crippen molar-refractivity contribution < 1.29 is 9.47 Å². The van der Waals surface area contributed by atoms with E-state index in [-0.39, 0.29) is 6.10 Å². The number of hydrogen-bond donors (Lipinski definition) is 0. The van der Waals surface area contributed by atoms with E-state index in [0.717, 1.165) is 48.4 Å². The Morgan fingerprint density at radius 2 is 1.85 bits per heavy atom. The minimum atomic E-state index is 0.260. The quantitative estimate of drug-likeness (QED) is 0.834. The van der Waals surface area contributed by atoms with Crippen LogP contribution in [0.25, 0.3) is 10.9 Å². The molecule has 1 aromatic heterocycles. The van der Waals surface area contributed by atoms with Crippen LogP contribution in [0.1, 0.15) is 29.7 Å². The first kappa shape index (κ1) is 13.4. The molecule has 0 bridgehead atoms. The normalized spacial score (nSPS) is 16.6. The van der Waals surface area contributed by atoms with E-state index in [1.165, 1.54) is 11.1 Å². The maximum absolute atomic E-state index is 6.22. The predicted octanol–water partition coefficient (Wildman–Crippen LogP) is 3.72. The third-order valence-corrected chi connectivity index (χ3v) is 3.91. The van der Waals surface area contributed by atoms with Gasteiger partial charge in [-0.1, -0.05) is 6.07 Å². The Bertz CT molecular complexity index is 630. The lowest BCUT2D eigenvalue weighted by atomic mass is 10.0. The number of benzene rings is 1. The van der Waals surface area contributed by atoms with Crippen LogP contribution in [-0.2, 0) is 4.74 Å². The highest BCUT2D eigenvalue weighted by Gasteiger charge is 2.18. The molecule has 2 heterocycles. The second-order valence-corrected chi connectivity index (χ2v) is 5.61. The van der Waals surface area contributed by atoms with Crippen molar-refractivity contribution in [3.8, 4) is 5.75 Å². The third-order valence-electron chi connectivity index (χ3n) is 3.91. The number of hydrogen-bond acceptors (Lipinski definition) is 3. The summed E-state index contributed by atoms with van der Waals surface area (Å²) in [5.74, 6) is 0.961. The zero-order chi connectivity index (χ0) is 14.1. The van der Waals surface area contributed by atoms with Crippen LogP contribution in [0.5, 0.6) is 5.75 Å². The Morgan fingerprint density at radius 1 is 1.10 bits per heavy atom. The van der Waals surface area contributed by atoms with Gasteiger partial charge in [-0.2, -0.15) is 0 Å². The molecule has 106 valence electrons. The van der Waals surface area contributed by atoms with E-state index in [4.69, 9.17) is 9.47 Å². The lowest BCUT2D eigenvalue weighted by molar-refractivity contribution is 0.0262. The fraction of sp³-hybridized carbons (Fsp3) is 0.471. The predicted molar refractivity (Wildman–Crippen MR) is 80.4 cm³/mol. The monoisotopic (exact) mass is 271 g/mol. The number of pyridine rings is 1. The fourth-order valence-electron chi connectivity index (χ4n) is 2.87. The topological polar surface area (TPSA) is 31.4 Å². The Balaban J connectivity index is 2.04. The summed E-state index contributed by atoms with van der Waals surface area (Å²) in [6.45, 7) is 7.87. The molecule has 1 aliphatic heterocycles. The minimum Gasteiger partial charge on any atom is -0.490 e. The highest BCUT2D eigenvalue weighted by Crippen LogP contribution is 2.32. The van der Waals surface area contributed by atoms with Gasteiger partial charge in [0.15, 0.2) is 0 Å². The Hall–Kier alpha value is -1.61. The highest BCUT2D eigenvalue weighted by molar-refractivity contribution is 5.90. The van der Waals surface area contributed by atoms with Gasteiger partial charge in [-0.05, 0) is 44.0 Å². The zero-order valence-corrected chi connectivity index (χ0v) is 12.4. The number of aryl methyl sites for hydroxylation is 3. The molecule has 1 aliphatic rings. The van der Waals surface area contributed by atoms with E-state index in [0.29, 0.717) is 0 Å². The summed E-state index contributed by atoms with van der Waals surface area (Å²) in [6.07, 6.45) is 2.19. The number of aromatic nitrogens is 1. The first-order chi connectivity index (χ1) is 9.65. The summed E-state index contributed by atoms with van der Waals surface area (Å²) in [6, 6.07) is 6.30. The number of rotatable bonds is 2. The van der Waals surface area contributed by atoms with Gasteiger partial charge in [-0.15, -0.1) is 0 Å². The van der Waals surface area contributed by atoms with Crippen molar-refractivity contribution in [1.82, 2.24) is 4.98 Å². The molecule has 0 unspecified atom stereocenters. The van der Waals surface area contributed by atoms with Crippen molar-refractivity contribution in [3.05, 3.63) is 35.0 Å². The lowest BCUT2D eigenvalue weighted by Crippen LogP contribution is -2.26. The van der Waals surface area contributed by atoms with Crippen molar-refractivity contribution in [2.24, 2.45) is 0 Å². The third kappa shape index (κ3) is 2.50. The van der Waals surface area contributed by atoms with Crippen molar-refractivity contribution in [3.63, 3.8) is 0 Å². The number of nitrogens with zero attached hydrogens (tertiary/aromatic N) is 1. The Morgan fingerprint density at radius 3 is 2.60 bits per heavy atom. The molecule has 0 radical (unpaired) electrons. The average Bonchev–Trinajstić information content (AvgIpc) is 2.43. The van der Waals surface area contributed by atoms with E-state index in [1.807, 2.05) is 6.92 Å². The molecule has 3 nitrogen and oxygen atoms in total. The van der Waals surface area contributed by atoms with E-state index >= 15 is 0 Å². The molecule has 0 aliphatic carbocycles. The molecule has 0 saturated carbocycles. The molecular formula is C17H21NO2. The standard InChI is InChI=1S/C17H21NO2/c1-11-4-5-15(20-14-6-8-19-9-7-14)16-12(2)10-13(3)18-17(11)16/h4-5,10,14H,6-9H2,1-3H3. The molecule has 0 atom stereocenters. The SMILES string of the molecule is Cc1cc(C)c2c(OC3CCOCC3)ccc(C)c2n1. The first-order valence-electron chi connectivity index (χ1n) is 7.27. The minimum absolute atomic E-state index is 0.260. The van der Waals surface area contributed by atoms with E-state index < -0.39 is 0 Å². The second kappa shape index (κ2) is 5.41. The van der Waals surface area contributed by atoms with Gasteiger partial charge in [0.05, 0.1) is 18.7 Å². The van der Waals surface area contributed by atoms with Crippen LogP contribution in [0, 0.1) is 20.8 Å². The fourth-order valence-corrected chi connectivity index (χ4v) is 2.87. The summed E-state index contributed by atoms with van der Waals surface area (Å²) in [4.78, 5) is 4.69. The van der Waals surface area contributed by atoms with E-state index in [2.05, 4.69) is 37.0 Å². The smallest absolute Gasteiger partial charge is 0.129 e. The highest BCUT2D eigenvalue weighted by atomic mass is 16.5. The van der Waals surface area contributed by atoms with Crippen LogP contribution in [0.15, 0.2) is 18.2 Å². The molecule has 0 N–H and O–H groups in total. The maximum Gasteiger partial charge on any atom is 0.129 e. The maximum atomic E-state index is 6.22. The van der Waals surface area contributed by atoms with Crippen molar-refractivity contribution in [2.45, 2.75) is 39.7 Å². The van der Waals surface area contributed by atoms with Crippen LogP contribution in [0.4, 0.5) is 0 Å². The van der Waals surface area contributed by atoms with E-state index in [9.17, 15) is 0 Å². The number of ether oxygens (including phenoxy) is 2. The van der Waals surface area contributed by atoms with Gasteiger partial charge in [0.2, 0.25) is 0 Å². The summed E-state index contributed by atoms with van der Waals surface area (Å²) in [5.41, 5.74) is 4.55. The van der Waals surface area contributed by atoms with Gasteiger partial charge in [0, 0.05) is 23.9 Å². The average molecular weight is 271 g/mol.